The quantitative estimate of drug-likeness (QED) is 0.443. The summed E-state index contributed by atoms with van der Waals surface area (Å²) in [6.07, 6.45) is 4.79. The van der Waals surface area contributed by atoms with Gasteiger partial charge in [0, 0.05) is 17.2 Å². The molecular weight excluding hydrogens is 470 g/mol. The lowest BCUT2D eigenvalue weighted by molar-refractivity contribution is 0.0995. The number of aryl methyl sites for hydroxylation is 1. The molecule has 1 heterocycles. The molecule has 1 amide bonds. The van der Waals surface area contributed by atoms with Crippen LogP contribution in [0.5, 0.6) is 5.75 Å². The highest BCUT2D eigenvalue weighted by atomic mass is 79.9. The number of hydrogen-bond acceptors (Lipinski definition) is 4. The fraction of sp³-hybridized carbons (Fsp3) is 0.273. The number of hydrogen-bond donors (Lipinski definition) is 2. The van der Waals surface area contributed by atoms with Crippen LogP contribution in [0.4, 0.5) is 0 Å². The van der Waals surface area contributed by atoms with Crippen LogP contribution in [0.3, 0.4) is 0 Å². The molecule has 1 atom stereocenters. The van der Waals surface area contributed by atoms with E-state index in [1.165, 1.54) is 6.33 Å². The van der Waals surface area contributed by atoms with Gasteiger partial charge in [0.05, 0.1) is 12.4 Å². The number of rotatable bonds is 10. The van der Waals surface area contributed by atoms with Crippen molar-refractivity contribution in [2.24, 2.45) is 5.73 Å². The van der Waals surface area contributed by atoms with Crippen molar-refractivity contribution < 1.29 is 14.6 Å². The van der Waals surface area contributed by atoms with Crippen molar-refractivity contribution in [3.63, 3.8) is 0 Å². The number of nitrogens with two attached hydrogens (primary N) is 1. The highest BCUT2D eigenvalue weighted by Gasteiger charge is 2.10. The summed E-state index contributed by atoms with van der Waals surface area (Å²) < 4.78 is 8.73. The van der Waals surface area contributed by atoms with E-state index in [9.17, 15) is 9.90 Å². The minimum absolute atomic E-state index is 0. The van der Waals surface area contributed by atoms with Gasteiger partial charge in [-0.25, -0.2) is 4.98 Å². The zero-order chi connectivity index (χ0) is 20.6. The first-order valence-corrected chi connectivity index (χ1v) is 10.3. The van der Waals surface area contributed by atoms with E-state index in [-0.39, 0.29) is 18.1 Å². The average Bonchev–Trinajstić information content (AvgIpc) is 3.17. The van der Waals surface area contributed by atoms with Crippen LogP contribution in [-0.2, 0) is 19.6 Å². The van der Waals surface area contributed by atoms with Crippen LogP contribution < -0.4 is 10.5 Å². The molecule has 0 aliphatic rings. The van der Waals surface area contributed by atoms with Crippen molar-refractivity contribution in [3.05, 3.63) is 82.3 Å². The van der Waals surface area contributed by atoms with Gasteiger partial charge in [-0.15, -0.1) is 12.4 Å². The Morgan fingerprint density at radius 2 is 1.93 bits per heavy atom. The Morgan fingerprint density at radius 3 is 2.63 bits per heavy atom. The van der Waals surface area contributed by atoms with E-state index in [1.54, 1.807) is 10.8 Å². The summed E-state index contributed by atoms with van der Waals surface area (Å²) in [5, 5.41) is 10.3. The number of para-hydroxylation sites is 1. The second-order valence-corrected chi connectivity index (χ2v) is 7.80. The van der Waals surface area contributed by atoms with E-state index >= 15 is 0 Å². The molecule has 0 radical (unpaired) electrons. The van der Waals surface area contributed by atoms with Crippen LogP contribution in [0.25, 0.3) is 0 Å². The Hall–Kier alpha value is -2.35. The second-order valence-electron chi connectivity index (χ2n) is 6.89. The smallest absolute Gasteiger partial charge is 0.268 e. The topological polar surface area (TPSA) is 90.4 Å². The number of nitrogens with zero attached hydrogens (tertiary/aromatic N) is 2. The van der Waals surface area contributed by atoms with E-state index < -0.39 is 12.0 Å². The standard InChI is InChI=1S/C22H24BrN3O3.ClH/c23-18-10-8-16(9-11-18)14-29-21-7-2-1-4-17(21)5-3-6-19(27)12-26-13-20(22(24)28)25-15-26;/h1-2,4,7-11,13,15,19,27H,3,5-6,12,14H2,(H2,24,28);1H/t19-;/m0./s1. The van der Waals surface area contributed by atoms with Gasteiger partial charge in [-0.2, -0.15) is 0 Å². The average molecular weight is 495 g/mol. The summed E-state index contributed by atoms with van der Waals surface area (Å²) in [6.45, 7) is 0.887. The van der Waals surface area contributed by atoms with Gasteiger partial charge in [0.2, 0.25) is 0 Å². The summed E-state index contributed by atoms with van der Waals surface area (Å²) >= 11 is 3.43. The number of aromatic nitrogens is 2. The summed E-state index contributed by atoms with van der Waals surface area (Å²) in [7, 11) is 0. The number of ether oxygens (including phenoxy) is 1. The van der Waals surface area contributed by atoms with Crippen LogP contribution in [0.1, 0.15) is 34.5 Å². The fourth-order valence-electron chi connectivity index (χ4n) is 3.04. The highest BCUT2D eigenvalue weighted by molar-refractivity contribution is 9.10. The van der Waals surface area contributed by atoms with Crippen molar-refractivity contribution >= 4 is 34.2 Å². The van der Waals surface area contributed by atoms with Crippen molar-refractivity contribution in [2.75, 3.05) is 0 Å². The Morgan fingerprint density at radius 1 is 1.20 bits per heavy atom. The maximum absolute atomic E-state index is 11.1. The molecule has 0 aliphatic carbocycles. The largest absolute Gasteiger partial charge is 0.489 e. The van der Waals surface area contributed by atoms with E-state index in [0.717, 1.165) is 34.2 Å². The van der Waals surface area contributed by atoms with Gasteiger partial charge in [-0.3, -0.25) is 4.79 Å². The Balaban J connectivity index is 0.00000320. The van der Waals surface area contributed by atoms with Crippen molar-refractivity contribution in [2.45, 2.75) is 38.5 Å². The first kappa shape index (κ1) is 23.9. The zero-order valence-corrected chi connectivity index (χ0v) is 18.8. The fourth-order valence-corrected chi connectivity index (χ4v) is 3.31. The predicted octanol–water partition coefficient (Wildman–Crippen LogP) is 4.13. The summed E-state index contributed by atoms with van der Waals surface area (Å²) in [5.41, 5.74) is 7.62. The normalized spacial score (nSPS) is 11.5. The van der Waals surface area contributed by atoms with E-state index in [0.29, 0.717) is 19.6 Å². The molecule has 3 aromatic rings. The Bertz CT molecular complexity index is 947. The van der Waals surface area contributed by atoms with Crippen LogP contribution in [-0.4, -0.2) is 26.7 Å². The van der Waals surface area contributed by atoms with Crippen LogP contribution in [0.15, 0.2) is 65.5 Å². The monoisotopic (exact) mass is 493 g/mol. The third-order valence-electron chi connectivity index (χ3n) is 4.57. The number of aliphatic hydroxyl groups is 1. The molecule has 160 valence electrons. The molecule has 8 heteroatoms. The summed E-state index contributed by atoms with van der Waals surface area (Å²) in [4.78, 5) is 15.0. The molecule has 0 fully saturated rings. The van der Waals surface area contributed by atoms with Gasteiger partial charge < -0.3 is 20.1 Å². The molecule has 2 aromatic carbocycles. The molecular formula is C22H25BrClN3O3. The molecule has 0 spiro atoms. The minimum Gasteiger partial charge on any atom is -0.489 e. The molecule has 6 nitrogen and oxygen atoms in total. The first-order chi connectivity index (χ1) is 14.0. The molecule has 30 heavy (non-hydrogen) atoms. The van der Waals surface area contributed by atoms with Gasteiger partial charge in [0.25, 0.3) is 5.91 Å². The van der Waals surface area contributed by atoms with Crippen LogP contribution in [0.2, 0.25) is 0 Å². The number of amides is 1. The highest BCUT2D eigenvalue weighted by Crippen LogP contribution is 2.22. The third-order valence-corrected chi connectivity index (χ3v) is 5.10. The Labute approximate surface area is 190 Å². The maximum Gasteiger partial charge on any atom is 0.268 e. The van der Waals surface area contributed by atoms with Gasteiger partial charge in [-0.05, 0) is 48.6 Å². The molecule has 3 N–H and O–H groups in total. The number of primary amides is 1. The summed E-state index contributed by atoms with van der Waals surface area (Å²) in [5.74, 6) is 0.295. The zero-order valence-electron chi connectivity index (χ0n) is 16.4. The van der Waals surface area contributed by atoms with E-state index in [2.05, 4.69) is 27.0 Å². The van der Waals surface area contributed by atoms with Crippen molar-refractivity contribution in [1.29, 1.82) is 0 Å². The van der Waals surface area contributed by atoms with E-state index in [4.69, 9.17) is 10.5 Å². The molecule has 1 aromatic heterocycles. The lowest BCUT2D eigenvalue weighted by Gasteiger charge is -2.14. The second kappa shape index (κ2) is 11.7. The predicted molar refractivity (Wildman–Crippen MR) is 122 cm³/mol. The summed E-state index contributed by atoms with van der Waals surface area (Å²) in [6, 6.07) is 16.0. The number of carbonyl (C=O) groups excluding carboxylic acids is 1. The van der Waals surface area contributed by atoms with Gasteiger partial charge in [0.15, 0.2) is 0 Å². The molecule has 0 saturated heterocycles. The molecule has 0 saturated carbocycles. The maximum atomic E-state index is 11.1. The molecule has 3 rings (SSSR count). The molecule has 0 unspecified atom stereocenters. The number of benzene rings is 2. The minimum atomic E-state index is -0.571. The van der Waals surface area contributed by atoms with Crippen LogP contribution >= 0.6 is 28.3 Å². The van der Waals surface area contributed by atoms with Crippen molar-refractivity contribution in [1.82, 2.24) is 9.55 Å². The number of imidazole rings is 1. The Kier molecular flexibility index (Phi) is 9.36. The number of halogens is 2. The lowest BCUT2D eigenvalue weighted by Crippen LogP contribution is -2.15. The molecule has 0 aliphatic heterocycles. The molecule has 0 bridgehead atoms. The third kappa shape index (κ3) is 7.16. The van der Waals surface area contributed by atoms with Gasteiger partial charge in [0.1, 0.15) is 18.1 Å². The van der Waals surface area contributed by atoms with E-state index in [1.807, 2.05) is 42.5 Å². The van der Waals surface area contributed by atoms with Crippen molar-refractivity contribution in [3.8, 4) is 5.75 Å². The number of aliphatic hydroxyl groups excluding tert-OH is 1. The lowest BCUT2D eigenvalue weighted by atomic mass is 10.0. The number of carbonyl (C=O) groups is 1. The van der Waals surface area contributed by atoms with Gasteiger partial charge in [-0.1, -0.05) is 46.3 Å². The first-order valence-electron chi connectivity index (χ1n) is 9.46. The van der Waals surface area contributed by atoms with Gasteiger partial charge >= 0.3 is 0 Å². The SMILES string of the molecule is Cl.NC(=O)c1cn(C[C@@H](O)CCCc2ccccc2OCc2ccc(Br)cc2)cn1. The van der Waals surface area contributed by atoms with Crippen LogP contribution in [0, 0.1) is 0 Å².